The van der Waals surface area contributed by atoms with Crippen molar-refractivity contribution in [3.05, 3.63) is 38.7 Å². The van der Waals surface area contributed by atoms with Crippen molar-refractivity contribution in [1.82, 2.24) is 9.97 Å². The van der Waals surface area contributed by atoms with Gasteiger partial charge in [0, 0.05) is 4.88 Å². The fourth-order valence-electron chi connectivity index (χ4n) is 1.74. The van der Waals surface area contributed by atoms with Crippen LogP contribution in [0.1, 0.15) is 10.6 Å². The molecule has 0 atom stereocenters. The molecule has 3 nitrogen and oxygen atoms in total. The SMILES string of the molecule is Cc1ncsc1CNc1c(Cl)ccc2scnc12. The van der Waals surface area contributed by atoms with Gasteiger partial charge in [-0.25, -0.2) is 9.97 Å². The molecule has 1 aromatic carbocycles. The average Bonchev–Trinajstić information content (AvgIpc) is 2.97. The lowest BCUT2D eigenvalue weighted by Crippen LogP contribution is -2.00. The van der Waals surface area contributed by atoms with Crippen molar-refractivity contribution in [2.45, 2.75) is 13.5 Å². The van der Waals surface area contributed by atoms with E-state index in [-0.39, 0.29) is 0 Å². The first kappa shape index (κ1) is 11.9. The molecular formula is C12H10ClN3S2. The van der Waals surface area contributed by atoms with Gasteiger partial charge in [-0.1, -0.05) is 11.6 Å². The van der Waals surface area contributed by atoms with Crippen molar-refractivity contribution in [2.75, 3.05) is 5.32 Å². The zero-order valence-corrected chi connectivity index (χ0v) is 12.0. The van der Waals surface area contributed by atoms with E-state index in [1.807, 2.05) is 30.1 Å². The number of nitrogens with zero attached hydrogens (tertiary/aromatic N) is 2. The van der Waals surface area contributed by atoms with Crippen LogP contribution in [0.15, 0.2) is 23.2 Å². The number of rotatable bonds is 3. The van der Waals surface area contributed by atoms with Crippen LogP contribution in [0.25, 0.3) is 10.2 Å². The third-order valence-electron chi connectivity index (χ3n) is 2.72. The minimum Gasteiger partial charge on any atom is -0.377 e. The van der Waals surface area contributed by atoms with Crippen molar-refractivity contribution >= 4 is 50.2 Å². The van der Waals surface area contributed by atoms with Crippen LogP contribution in [0.2, 0.25) is 5.02 Å². The molecule has 6 heteroatoms. The van der Waals surface area contributed by atoms with E-state index in [1.54, 1.807) is 22.7 Å². The molecule has 0 saturated carbocycles. The molecule has 3 aromatic rings. The molecule has 0 spiro atoms. The summed E-state index contributed by atoms with van der Waals surface area (Å²) >= 11 is 9.49. The Morgan fingerprint density at radius 2 is 2.06 bits per heavy atom. The molecule has 0 aliphatic rings. The van der Waals surface area contributed by atoms with E-state index in [1.165, 1.54) is 4.88 Å². The lowest BCUT2D eigenvalue weighted by molar-refractivity contribution is 1.12. The summed E-state index contributed by atoms with van der Waals surface area (Å²) in [6, 6.07) is 3.91. The summed E-state index contributed by atoms with van der Waals surface area (Å²) in [5.74, 6) is 0. The molecule has 0 fully saturated rings. The molecule has 0 aliphatic heterocycles. The number of halogens is 1. The highest BCUT2D eigenvalue weighted by atomic mass is 35.5. The Balaban J connectivity index is 1.92. The molecule has 0 unspecified atom stereocenters. The molecule has 1 N–H and O–H groups in total. The summed E-state index contributed by atoms with van der Waals surface area (Å²) < 4.78 is 1.14. The quantitative estimate of drug-likeness (QED) is 0.781. The molecule has 18 heavy (non-hydrogen) atoms. The lowest BCUT2D eigenvalue weighted by atomic mass is 10.2. The summed E-state index contributed by atoms with van der Waals surface area (Å²) in [6.45, 7) is 2.74. The predicted octanol–water partition coefficient (Wildman–Crippen LogP) is 4.33. The first-order valence-corrected chi connectivity index (χ1v) is 7.54. The van der Waals surface area contributed by atoms with Crippen molar-refractivity contribution < 1.29 is 0 Å². The van der Waals surface area contributed by atoms with Gasteiger partial charge in [0.1, 0.15) is 5.52 Å². The highest BCUT2D eigenvalue weighted by molar-refractivity contribution is 7.16. The summed E-state index contributed by atoms with van der Waals surface area (Å²) in [5.41, 5.74) is 6.61. The van der Waals surface area contributed by atoms with Crippen LogP contribution in [0, 0.1) is 6.92 Å². The Morgan fingerprint density at radius 3 is 2.83 bits per heavy atom. The second-order valence-corrected chi connectivity index (χ2v) is 6.07. The number of hydrogen-bond acceptors (Lipinski definition) is 5. The van der Waals surface area contributed by atoms with Gasteiger partial charge < -0.3 is 5.32 Å². The van der Waals surface area contributed by atoms with Gasteiger partial charge in [-0.05, 0) is 19.1 Å². The number of hydrogen-bond donors (Lipinski definition) is 1. The second-order valence-electron chi connectivity index (χ2n) is 3.84. The Labute approximate surface area is 117 Å². The standard InChI is InChI=1S/C12H10ClN3S2/c1-7-10(18-5-15-7)4-14-11-8(13)2-3-9-12(11)16-6-17-9/h2-3,5-6,14H,4H2,1H3. The topological polar surface area (TPSA) is 37.8 Å². The smallest absolute Gasteiger partial charge is 0.106 e. The van der Waals surface area contributed by atoms with Gasteiger partial charge in [0.25, 0.3) is 0 Å². The number of aromatic nitrogens is 2. The van der Waals surface area contributed by atoms with Crippen LogP contribution >= 0.6 is 34.3 Å². The van der Waals surface area contributed by atoms with Gasteiger partial charge in [-0.3, -0.25) is 0 Å². The summed E-state index contributed by atoms with van der Waals surface area (Å²) in [5, 5.41) is 4.07. The highest BCUT2D eigenvalue weighted by Crippen LogP contribution is 2.32. The fraction of sp³-hybridized carbons (Fsp3) is 0.167. The number of anilines is 1. The summed E-state index contributed by atoms with van der Waals surface area (Å²) in [6.07, 6.45) is 0. The molecule has 0 amide bonds. The zero-order chi connectivity index (χ0) is 12.5. The van der Waals surface area contributed by atoms with Crippen molar-refractivity contribution in [3.8, 4) is 0 Å². The normalized spacial score (nSPS) is 11.0. The molecule has 0 radical (unpaired) electrons. The summed E-state index contributed by atoms with van der Waals surface area (Å²) in [7, 11) is 0. The third kappa shape index (κ3) is 2.09. The van der Waals surface area contributed by atoms with E-state index in [2.05, 4.69) is 15.3 Å². The third-order valence-corrected chi connectivity index (χ3v) is 4.77. The number of fused-ring (bicyclic) bond motifs is 1. The molecule has 92 valence electrons. The molecule has 2 heterocycles. The maximum atomic E-state index is 6.23. The first-order valence-electron chi connectivity index (χ1n) is 5.40. The molecular weight excluding hydrogens is 286 g/mol. The maximum Gasteiger partial charge on any atom is 0.106 e. The van der Waals surface area contributed by atoms with E-state index in [4.69, 9.17) is 11.6 Å². The minimum absolute atomic E-state index is 0.704. The van der Waals surface area contributed by atoms with Gasteiger partial charge in [-0.15, -0.1) is 22.7 Å². The number of thiazole rings is 2. The van der Waals surface area contributed by atoms with Crippen LogP contribution in [0.3, 0.4) is 0 Å². The van der Waals surface area contributed by atoms with Gasteiger partial charge in [0.05, 0.1) is 38.7 Å². The average molecular weight is 296 g/mol. The molecule has 0 aliphatic carbocycles. The van der Waals surface area contributed by atoms with E-state index in [9.17, 15) is 0 Å². The Bertz CT molecular complexity index is 690. The number of aryl methyl sites for hydroxylation is 1. The van der Waals surface area contributed by atoms with Gasteiger partial charge in [-0.2, -0.15) is 0 Å². The van der Waals surface area contributed by atoms with E-state index in [0.717, 1.165) is 28.1 Å². The largest absolute Gasteiger partial charge is 0.377 e. The van der Waals surface area contributed by atoms with Crippen molar-refractivity contribution in [3.63, 3.8) is 0 Å². The van der Waals surface area contributed by atoms with Crippen LogP contribution in [-0.2, 0) is 6.54 Å². The zero-order valence-electron chi connectivity index (χ0n) is 9.61. The van der Waals surface area contributed by atoms with Crippen molar-refractivity contribution in [2.24, 2.45) is 0 Å². The Kier molecular flexibility index (Phi) is 3.20. The Hall–Kier alpha value is -1.17. The minimum atomic E-state index is 0.704. The highest BCUT2D eigenvalue weighted by Gasteiger charge is 2.09. The molecule has 0 bridgehead atoms. The molecule has 2 aromatic heterocycles. The van der Waals surface area contributed by atoms with Crippen LogP contribution in [-0.4, -0.2) is 9.97 Å². The van der Waals surface area contributed by atoms with Gasteiger partial charge in [0.15, 0.2) is 0 Å². The lowest BCUT2D eigenvalue weighted by Gasteiger charge is -2.08. The van der Waals surface area contributed by atoms with Gasteiger partial charge in [0.2, 0.25) is 0 Å². The van der Waals surface area contributed by atoms with E-state index >= 15 is 0 Å². The Morgan fingerprint density at radius 1 is 1.22 bits per heavy atom. The predicted molar refractivity (Wildman–Crippen MR) is 78.8 cm³/mol. The molecule has 0 saturated heterocycles. The number of nitrogens with one attached hydrogen (secondary N) is 1. The molecule has 3 rings (SSSR count). The van der Waals surface area contributed by atoms with Gasteiger partial charge >= 0.3 is 0 Å². The van der Waals surface area contributed by atoms with Crippen LogP contribution < -0.4 is 5.32 Å². The fourth-order valence-corrected chi connectivity index (χ4v) is 3.36. The first-order chi connectivity index (χ1) is 8.75. The van der Waals surface area contributed by atoms with E-state index in [0.29, 0.717) is 5.02 Å². The second kappa shape index (κ2) is 4.84. The van der Waals surface area contributed by atoms with E-state index < -0.39 is 0 Å². The van der Waals surface area contributed by atoms with Crippen LogP contribution in [0.4, 0.5) is 5.69 Å². The maximum absolute atomic E-state index is 6.23. The number of benzene rings is 1. The summed E-state index contributed by atoms with van der Waals surface area (Å²) in [4.78, 5) is 9.82. The van der Waals surface area contributed by atoms with Crippen LogP contribution in [0.5, 0.6) is 0 Å². The van der Waals surface area contributed by atoms with Crippen molar-refractivity contribution in [1.29, 1.82) is 0 Å². The monoisotopic (exact) mass is 295 g/mol.